The van der Waals surface area contributed by atoms with Crippen molar-refractivity contribution in [1.82, 2.24) is 0 Å². The largest absolute Gasteiger partial charge is 0.247 e. The SMILES string of the molecule is CCC[C@]1(C[C@H](F)CC)C=C(C)[C@H](C)C1. The minimum atomic E-state index is -0.620. The third kappa shape index (κ3) is 3.06. The predicted molar refractivity (Wildman–Crippen MR) is 64.7 cm³/mol. The van der Waals surface area contributed by atoms with Gasteiger partial charge in [-0.05, 0) is 43.9 Å². The summed E-state index contributed by atoms with van der Waals surface area (Å²) in [5.74, 6) is 0.653. The van der Waals surface area contributed by atoms with Gasteiger partial charge in [0, 0.05) is 0 Å². The Morgan fingerprint density at radius 2 is 2.20 bits per heavy atom. The molecule has 0 aliphatic heterocycles. The second-order valence-corrected chi connectivity index (χ2v) is 5.32. The topological polar surface area (TPSA) is 0 Å². The maximum absolute atomic E-state index is 13.6. The van der Waals surface area contributed by atoms with Crippen molar-refractivity contribution in [3.05, 3.63) is 11.6 Å². The summed E-state index contributed by atoms with van der Waals surface area (Å²) in [5, 5.41) is 0. The van der Waals surface area contributed by atoms with Crippen molar-refractivity contribution in [3.8, 4) is 0 Å². The van der Waals surface area contributed by atoms with E-state index in [9.17, 15) is 4.39 Å². The van der Waals surface area contributed by atoms with Crippen molar-refractivity contribution in [1.29, 1.82) is 0 Å². The molecule has 0 spiro atoms. The highest BCUT2D eigenvalue weighted by Crippen LogP contribution is 2.47. The molecule has 0 aromatic rings. The molecule has 0 radical (unpaired) electrons. The molecule has 3 atom stereocenters. The number of hydrogen-bond acceptors (Lipinski definition) is 0. The van der Waals surface area contributed by atoms with E-state index in [1.54, 1.807) is 0 Å². The molecule has 0 bridgehead atoms. The maximum Gasteiger partial charge on any atom is 0.101 e. The first kappa shape index (κ1) is 12.7. The molecular weight excluding hydrogens is 187 g/mol. The lowest BCUT2D eigenvalue weighted by atomic mass is 9.77. The van der Waals surface area contributed by atoms with Crippen LogP contribution in [0.4, 0.5) is 4.39 Å². The van der Waals surface area contributed by atoms with E-state index in [1.165, 1.54) is 5.57 Å². The highest BCUT2D eigenvalue weighted by molar-refractivity contribution is 5.18. The summed E-state index contributed by atoms with van der Waals surface area (Å²) < 4.78 is 13.6. The molecular formula is C14H25F. The lowest BCUT2D eigenvalue weighted by Gasteiger charge is -2.29. The molecule has 0 N–H and O–H groups in total. The summed E-state index contributed by atoms with van der Waals surface area (Å²) in [6.45, 7) is 8.61. The van der Waals surface area contributed by atoms with Gasteiger partial charge in [-0.15, -0.1) is 0 Å². The Morgan fingerprint density at radius 1 is 1.53 bits per heavy atom. The number of alkyl halides is 1. The van der Waals surface area contributed by atoms with Crippen LogP contribution < -0.4 is 0 Å². The Kier molecular flexibility index (Phi) is 4.36. The van der Waals surface area contributed by atoms with Gasteiger partial charge in [-0.1, -0.05) is 38.8 Å². The van der Waals surface area contributed by atoms with Crippen LogP contribution in [-0.2, 0) is 0 Å². The van der Waals surface area contributed by atoms with Crippen LogP contribution in [0, 0.1) is 11.3 Å². The van der Waals surface area contributed by atoms with E-state index in [0.29, 0.717) is 12.3 Å². The Bertz CT molecular complexity index is 231. The van der Waals surface area contributed by atoms with Gasteiger partial charge in [-0.3, -0.25) is 0 Å². The Morgan fingerprint density at radius 3 is 2.60 bits per heavy atom. The first-order chi connectivity index (χ1) is 7.03. The molecule has 0 aromatic heterocycles. The monoisotopic (exact) mass is 212 g/mol. The van der Waals surface area contributed by atoms with Gasteiger partial charge in [0.05, 0.1) is 0 Å². The number of hydrogen-bond donors (Lipinski definition) is 0. The van der Waals surface area contributed by atoms with Crippen LogP contribution in [0.25, 0.3) is 0 Å². The molecule has 0 heterocycles. The van der Waals surface area contributed by atoms with Crippen LogP contribution in [0.1, 0.15) is 59.8 Å². The first-order valence-electron chi connectivity index (χ1n) is 6.36. The summed E-state index contributed by atoms with van der Waals surface area (Å²) >= 11 is 0. The van der Waals surface area contributed by atoms with Crippen molar-refractivity contribution in [3.63, 3.8) is 0 Å². The maximum atomic E-state index is 13.6. The van der Waals surface area contributed by atoms with Crippen LogP contribution >= 0.6 is 0 Å². The normalized spacial score (nSPS) is 32.9. The van der Waals surface area contributed by atoms with Crippen molar-refractivity contribution in [2.45, 2.75) is 66.0 Å². The number of allylic oxidation sites excluding steroid dienone is 2. The van der Waals surface area contributed by atoms with E-state index in [4.69, 9.17) is 0 Å². The third-order valence-corrected chi connectivity index (χ3v) is 3.84. The first-order valence-corrected chi connectivity index (χ1v) is 6.36. The Labute approximate surface area is 94.0 Å². The average molecular weight is 212 g/mol. The summed E-state index contributed by atoms with van der Waals surface area (Å²) in [4.78, 5) is 0. The van der Waals surface area contributed by atoms with E-state index in [-0.39, 0.29) is 5.41 Å². The van der Waals surface area contributed by atoms with Gasteiger partial charge in [0.1, 0.15) is 6.17 Å². The third-order valence-electron chi connectivity index (χ3n) is 3.84. The highest BCUT2D eigenvalue weighted by atomic mass is 19.1. The fourth-order valence-corrected chi connectivity index (χ4v) is 2.96. The zero-order chi connectivity index (χ0) is 11.5. The average Bonchev–Trinajstić information content (AvgIpc) is 2.42. The number of rotatable bonds is 5. The van der Waals surface area contributed by atoms with Crippen molar-refractivity contribution < 1.29 is 4.39 Å². The molecule has 0 saturated heterocycles. The van der Waals surface area contributed by atoms with Crippen LogP contribution in [0.15, 0.2) is 11.6 Å². The minimum absolute atomic E-state index is 0.174. The molecule has 1 aliphatic carbocycles. The van der Waals surface area contributed by atoms with Crippen LogP contribution in [0.3, 0.4) is 0 Å². The molecule has 0 fully saturated rings. The molecule has 15 heavy (non-hydrogen) atoms. The molecule has 1 heteroatoms. The molecule has 1 rings (SSSR count). The van der Waals surface area contributed by atoms with Crippen LogP contribution in [0.2, 0.25) is 0 Å². The summed E-state index contributed by atoms with van der Waals surface area (Å²) in [5.41, 5.74) is 1.64. The van der Waals surface area contributed by atoms with Gasteiger partial charge < -0.3 is 0 Å². The second-order valence-electron chi connectivity index (χ2n) is 5.32. The smallest absolute Gasteiger partial charge is 0.101 e. The van der Waals surface area contributed by atoms with Crippen LogP contribution in [0.5, 0.6) is 0 Å². The van der Waals surface area contributed by atoms with Gasteiger partial charge >= 0.3 is 0 Å². The second kappa shape index (κ2) is 5.14. The van der Waals surface area contributed by atoms with Crippen molar-refractivity contribution in [2.75, 3.05) is 0 Å². The van der Waals surface area contributed by atoms with E-state index in [1.807, 2.05) is 6.92 Å². The van der Waals surface area contributed by atoms with E-state index in [2.05, 4.69) is 26.8 Å². The van der Waals surface area contributed by atoms with Gasteiger partial charge in [-0.2, -0.15) is 0 Å². The molecule has 1 aliphatic rings. The lowest BCUT2D eigenvalue weighted by Crippen LogP contribution is -2.21. The zero-order valence-corrected chi connectivity index (χ0v) is 10.6. The van der Waals surface area contributed by atoms with E-state index >= 15 is 0 Å². The summed E-state index contributed by atoms with van der Waals surface area (Å²) in [7, 11) is 0. The van der Waals surface area contributed by atoms with Gasteiger partial charge in [-0.25, -0.2) is 4.39 Å². The molecule has 0 nitrogen and oxygen atoms in total. The summed E-state index contributed by atoms with van der Waals surface area (Å²) in [6.07, 6.45) is 6.61. The highest BCUT2D eigenvalue weighted by Gasteiger charge is 2.36. The minimum Gasteiger partial charge on any atom is -0.247 e. The fourth-order valence-electron chi connectivity index (χ4n) is 2.96. The standard InChI is InChI=1S/C14H25F/c1-5-7-14(10-13(15)6-2)8-11(3)12(4)9-14/h8,12-13H,5-7,9-10H2,1-4H3/t12-,13-,14+/m1/s1. The van der Waals surface area contributed by atoms with Gasteiger partial charge in [0.25, 0.3) is 0 Å². The van der Waals surface area contributed by atoms with Gasteiger partial charge in [0.15, 0.2) is 0 Å². The molecule has 0 aromatic carbocycles. The molecule has 88 valence electrons. The van der Waals surface area contributed by atoms with Crippen LogP contribution in [-0.4, -0.2) is 6.17 Å². The van der Waals surface area contributed by atoms with Crippen molar-refractivity contribution >= 4 is 0 Å². The summed E-state index contributed by atoms with van der Waals surface area (Å²) in [6, 6.07) is 0. The Balaban J connectivity index is 2.73. The lowest BCUT2D eigenvalue weighted by molar-refractivity contribution is 0.190. The van der Waals surface area contributed by atoms with E-state index in [0.717, 1.165) is 25.7 Å². The molecule has 0 unspecified atom stereocenters. The predicted octanol–water partition coefficient (Wildman–Crippen LogP) is 4.90. The number of halogens is 1. The molecule has 0 amide bonds. The van der Waals surface area contributed by atoms with E-state index < -0.39 is 6.17 Å². The quantitative estimate of drug-likeness (QED) is 0.569. The zero-order valence-electron chi connectivity index (χ0n) is 10.6. The Hall–Kier alpha value is -0.330. The van der Waals surface area contributed by atoms with Gasteiger partial charge in [0.2, 0.25) is 0 Å². The fraction of sp³-hybridized carbons (Fsp3) is 0.857. The van der Waals surface area contributed by atoms with Crippen molar-refractivity contribution in [2.24, 2.45) is 11.3 Å². The molecule has 0 saturated carbocycles.